The van der Waals surface area contributed by atoms with Crippen molar-refractivity contribution < 1.29 is 27.2 Å². The van der Waals surface area contributed by atoms with Gasteiger partial charge in [0.05, 0.1) is 16.2 Å². The summed E-state index contributed by atoms with van der Waals surface area (Å²) in [6, 6.07) is 8.72. The van der Waals surface area contributed by atoms with E-state index in [0.717, 1.165) is 18.3 Å². The van der Waals surface area contributed by atoms with Crippen molar-refractivity contribution in [2.75, 3.05) is 5.32 Å². The lowest BCUT2D eigenvalue weighted by Crippen LogP contribution is -2.48. The number of hydrogen-bond acceptors (Lipinski definition) is 5. The molecule has 0 aromatic heterocycles. The summed E-state index contributed by atoms with van der Waals surface area (Å²) in [5.74, 6) is -1.88. The fourth-order valence-electron chi connectivity index (χ4n) is 2.96. The molecule has 170 valence electrons. The molecule has 6 nitrogen and oxygen atoms in total. The number of hydrogen-bond donors (Lipinski definition) is 5. The molecule has 1 fully saturated rings. The van der Waals surface area contributed by atoms with Crippen LogP contribution in [0.1, 0.15) is 24.0 Å². The summed E-state index contributed by atoms with van der Waals surface area (Å²) in [6.07, 6.45) is -2.71. The number of benzene rings is 2. The van der Waals surface area contributed by atoms with E-state index in [9.17, 15) is 27.2 Å². The minimum Gasteiger partial charge on any atom is -0.404 e. The molecule has 2 aromatic carbocycles. The highest BCUT2D eigenvalue weighted by Crippen LogP contribution is 2.37. The molecule has 0 aliphatic heterocycles. The molecule has 0 spiro atoms. The number of anilines is 2. The highest BCUT2D eigenvalue weighted by atomic mass is 32.1. The van der Waals surface area contributed by atoms with Gasteiger partial charge in [0.1, 0.15) is 11.4 Å². The largest absolute Gasteiger partial charge is 0.418 e. The summed E-state index contributed by atoms with van der Waals surface area (Å²) in [5.41, 5.74) is 3.91. The molecule has 2 amide bonds. The molecule has 0 radical (unpaired) electrons. The molecule has 11 heteroatoms. The van der Waals surface area contributed by atoms with Crippen molar-refractivity contribution in [3.05, 3.63) is 70.5 Å². The number of carbonyl (C=O) groups is 2. The van der Waals surface area contributed by atoms with Gasteiger partial charge in [0.2, 0.25) is 5.91 Å². The van der Waals surface area contributed by atoms with Crippen LogP contribution < -0.4 is 21.7 Å². The second kappa shape index (κ2) is 9.11. The van der Waals surface area contributed by atoms with Gasteiger partial charge in [-0.3, -0.25) is 9.59 Å². The van der Waals surface area contributed by atoms with E-state index in [1.165, 1.54) is 0 Å². The monoisotopic (exact) mass is 468 g/mol. The molecule has 0 heterocycles. The van der Waals surface area contributed by atoms with Crippen LogP contribution in [0.25, 0.3) is 0 Å². The maximum Gasteiger partial charge on any atom is 0.418 e. The van der Waals surface area contributed by atoms with Gasteiger partial charge < -0.3 is 21.7 Å². The Kier molecular flexibility index (Phi) is 6.68. The summed E-state index contributed by atoms with van der Waals surface area (Å²) in [5, 5.41) is 7.96. The van der Waals surface area contributed by atoms with Crippen LogP contribution in [0.5, 0.6) is 0 Å². The van der Waals surface area contributed by atoms with Gasteiger partial charge in [-0.15, -0.1) is 12.6 Å². The van der Waals surface area contributed by atoms with E-state index in [4.69, 9.17) is 5.73 Å². The number of halogens is 4. The molecule has 0 saturated heterocycles. The number of nitrogens with one attached hydrogen (secondary N) is 3. The number of carbonyl (C=O) groups excluding carboxylic acids is 2. The topological polar surface area (TPSA) is 96.2 Å². The molecule has 0 unspecified atom stereocenters. The van der Waals surface area contributed by atoms with Crippen molar-refractivity contribution >= 4 is 35.8 Å². The molecule has 1 aliphatic rings. The molecule has 1 saturated carbocycles. The van der Waals surface area contributed by atoms with Crippen molar-refractivity contribution in [1.29, 1.82) is 0 Å². The summed E-state index contributed by atoms with van der Waals surface area (Å²) < 4.78 is 52.6. The number of amides is 2. The fourth-order valence-corrected chi connectivity index (χ4v) is 3.02. The SMILES string of the molecule is N/C=C(\S)C(=O)NC1(C(=O)NCc2ccc(Nc3ccc(F)cc3C(F)(F)F)cc2)CC1. The smallest absolute Gasteiger partial charge is 0.404 e. The lowest BCUT2D eigenvalue weighted by molar-refractivity contribution is -0.137. The van der Waals surface area contributed by atoms with E-state index in [1.807, 2.05) is 0 Å². The Balaban J connectivity index is 1.60. The van der Waals surface area contributed by atoms with Crippen molar-refractivity contribution in [3.63, 3.8) is 0 Å². The van der Waals surface area contributed by atoms with Crippen LogP contribution >= 0.6 is 12.6 Å². The summed E-state index contributed by atoms with van der Waals surface area (Å²) in [7, 11) is 0. The number of thiol groups is 1. The van der Waals surface area contributed by atoms with Gasteiger partial charge in [0.15, 0.2) is 0 Å². The molecule has 2 aromatic rings. The van der Waals surface area contributed by atoms with Gasteiger partial charge in [0, 0.05) is 18.4 Å². The molecule has 5 N–H and O–H groups in total. The zero-order valence-corrected chi connectivity index (χ0v) is 17.5. The van der Waals surface area contributed by atoms with Gasteiger partial charge in [-0.2, -0.15) is 13.2 Å². The lowest BCUT2D eigenvalue weighted by Gasteiger charge is -2.17. The molecule has 32 heavy (non-hydrogen) atoms. The van der Waals surface area contributed by atoms with Crippen molar-refractivity contribution in [1.82, 2.24) is 10.6 Å². The standard InChI is InChI=1S/C21H20F4N4O2S/c22-13-3-6-16(15(9-13)21(23,24)25)28-14-4-1-12(2-5-14)11-27-19(31)20(7-8-20)29-18(30)17(32)10-26/h1-6,9-10,28,32H,7-8,11,26H2,(H,27,31)(H,29,30)/b17-10-. The zero-order valence-electron chi connectivity index (χ0n) is 16.6. The molecular formula is C21H20F4N4O2S. The summed E-state index contributed by atoms with van der Waals surface area (Å²) in [6.45, 7) is 0.154. The van der Waals surface area contributed by atoms with E-state index in [-0.39, 0.29) is 23.0 Å². The lowest BCUT2D eigenvalue weighted by atomic mass is 10.1. The molecule has 0 bridgehead atoms. The predicted octanol–water partition coefficient (Wildman–Crippen LogP) is 3.58. The maximum absolute atomic E-state index is 13.2. The van der Waals surface area contributed by atoms with Crippen LogP contribution in [-0.4, -0.2) is 17.4 Å². The minimum absolute atomic E-state index is 0.00185. The third-order valence-electron chi connectivity index (χ3n) is 4.90. The first-order valence-corrected chi connectivity index (χ1v) is 9.93. The van der Waals surface area contributed by atoms with E-state index in [0.29, 0.717) is 30.2 Å². The number of alkyl halides is 3. The Labute approximate surface area is 186 Å². The van der Waals surface area contributed by atoms with E-state index in [2.05, 4.69) is 28.6 Å². The normalized spacial score (nSPS) is 15.1. The van der Waals surface area contributed by atoms with Crippen LogP contribution in [0.3, 0.4) is 0 Å². The van der Waals surface area contributed by atoms with Gasteiger partial charge >= 0.3 is 6.18 Å². The molecular weight excluding hydrogens is 448 g/mol. The Bertz CT molecular complexity index is 1050. The minimum atomic E-state index is -4.71. The Morgan fingerprint density at radius 3 is 2.34 bits per heavy atom. The predicted molar refractivity (Wildman–Crippen MR) is 114 cm³/mol. The highest BCUT2D eigenvalue weighted by molar-refractivity contribution is 7.85. The van der Waals surface area contributed by atoms with E-state index in [1.54, 1.807) is 24.3 Å². The second-order valence-corrected chi connectivity index (χ2v) is 7.76. The van der Waals surface area contributed by atoms with E-state index < -0.39 is 29.0 Å². The average Bonchev–Trinajstić information content (AvgIpc) is 3.53. The van der Waals surface area contributed by atoms with Crippen molar-refractivity contribution in [3.8, 4) is 0 Å². The van der Waals surface area contributed by atoms with Crippen LogP contribution in [0.15, 0.2) is 53.6 Å². The first kappa shape index (κ1) is 23.5. The van der Waals surface area contributed by atoms with Crippen LogP contribution in [-0.2, 0) is 22.3 Å². The quantitative estimate of drug-likeness (QED) is 0.244. The maximum atomic E-state index is 13.2. The second-order valence-electron chi connectivity index (χ2n) is 7.28. The van der Waals surface area contributed by atoms with Crippen molar-refractivity contribution in [2.24, 2.45) is 5.73 Å². The third-order valence-corrected chi connectivity index (χ3v) is 5.25. The van der Waals surface area contributed by atoms with Crippen LogP contribution in [0.4, 0.5) is 28.9 Å². The third kappa shape index (κ3) is 5.52. The van der Waals surface area contributed by atoms with Gasteiger partial charge in [-0.1, -0.05) is 12.1 Å². The van der Waals surface area contributed by atoms with Crippen molar-refractivity contribution in [2.45, 2.75) is 31.1 Å². The van der Waals surface area contributed by atoms with Gasteiger partial charge in [-0.05, 0) is 48.7 Å². The van der Waals surface area contributed by atoms with Gasteiger partial charge in [0.25, 0.3) is 5.91 Å². The number of rotatable bonds is 7. The van der Waals surface area contributed by atoms with Crippen LogP contribution in [0.2, 0.25) is 0 Å². The van der Waals surface area contributed by atoms with E-state index >= 15 is 0 Å². The highest BCUT2D eigenvalue weighted by Gasteiger charge is 2.51. The Morgan fingerprint density at radius 1 is 1.12 bits per heavy atom. The Hall–Kier alpha value is -3.21. The average molecular weight is 468 g/mol. The Morgan fingerprint density at radius 2 is 1.78 bits per heavy atom. The fraction of sp³-hybridized carbons (Fsp3) is 0.238. The molecule has 1 aliphatic carbocycles. The summed E-state index contributed by atoms with van der Waals surface area (Å²) in [4.78, 5) is 24.4. The van der Waals surface area contributed by atoms with Crippen LogP contribution in [0, 0.1) is 5.82 Å². The zero-order chi connectivity index (χ0) is 23.5. The number of nitrogens with two attached hydrogens (primary N) is 1. The van der Waals surface area contributed by atoms with Gasteiger partial charge in [-0.25, -0.2) is 4.39 Å². The molecule has 3 rings (SSSR count). The first-order valence-electron chi connectivity index (χ1n) is 9.48. The molecule has 0 atom stereocenters. The summed E-state index contributed by atoms with van der Waals surface area (Å²) >= 11 is 3.92. The first-order chi connectivity index (χ1) is 15.0.